The van der Waals surface area contributed by atoms with Crippen LogP contribution in [-0.4, -0.2) is 17.4 Å². The van der Waals surface area contributed by atoms with Gasteiger partial charge in [0.05, 0.1) is 18.3 Å². The van der Waals surface area contributed by atoms with Gasteiger partial charge in [-0.25, -0.2) is 9.37 Å². The highest BCUT2D eigenvalue weighted by molar-refractivity contribution is 5.91. The first-order chi connectivity index (χ1) is 10.2. The number of benzene rings is 1. The maximum Gasteiger partial charge on any atom is 0.230 e. The van der Waals surface area contributed by atoms with E-state index in [0.717, 1.165) is 5.69 Å². The summed E-state index contributed by atoms with van der Waals surface area (Å²) in [7, 11) is 0. The molecule has 2 aromatic rings. The molecule has 0 saturated carbocycles. The Hall–Kier alpha value is -2.69. The van der Waals surface area contributed by atoms with E-state index in [2.05, 4.69) is 22.2 Å². The molecule has 0 unspecified atom stereocenters. The van der Waals surface area contributed by atoms with Gasteiger partial charge in [-0.1, -0.05) is 24.3 Å². The Balaban J connectivity index is 1.93. The molecule has 0 fully saturated rings. The number of carbonyl (C=O) groups excluding carboxylic acids is 1. The van der Waals surface area contributed by atoms with Crippen LogP contribution in [0.3, 0.4) is 0 Å². The van der Waals surface area contributed by atoms with Gasteiger partial charge in [-0.2, -0.15) is 0 Å². The first-order valence-corrected chi connectivity index (χ1v) is 6.53. The van der Waals surface area contributed by atoms with Gasteiger partial charge in [0, 0.05) is 6.54 Å². The molecular formula is C16H16FN3O. The highest BCUT2D eigenvalue weighted by Gasteiger charge is 2.08. The summed E-state index contributed by atoms with van der Waals surface area (Å²) in [5.74, 6) is -0.260. The quantitative estimate of drug-likeness (QED) is 0.802. The zero-order valence-corrected chi connectivity index (χ0v) is 11.5. The van der Waals surface area contributed by atoms with Crippen molar-refractivity contribution in [2.24, 2.45) is 0 Å². The third-order valence-corrected chi connectivity index (χ3v) is 2.79. The molecule has 108 valence electrons. The fourth-order valence-electron chi connectivity index (χ4n) is 1.76. The molecule has 2 rings (SSSR count). The average molecular weight is 285 g/mol. The summed E-state index contributed by atoms with van der Waals surface area (Å²) in [4.78, 5) is 16.0. The number of hydrogen-bond donors (Lipinski definition) is 2. The molecule has 0 bridgehead atoms. The van der Waals surface area contributed by atoms with E-state index in [4.69, 9.17) is 0 Å². The first-order valence-electron chi connectivity index (χ1n) is 6.53. The minimum absolute atomic E-state index is 0.0230. The normalized spacial score (nSPS) is 9.95. The van der Waals surface area contributed by atoms with Crippen molar-refractivity contribution in [2.45, 2.75) is 6.42 Å². The number of amides is 1. The van der Waals surface area contributed by atoms with Gasteiger partial charge in [-0.15, -0.1) is 6.58 Å². The van der Waals surface area contributed by atoms with Gasteiger partial charge in [0.1, 0.15) is 11.6 Å². The fraction of sp³-hybridized carbons (Fsp3) is 0.125. The van der Waals surface area contributed by atoms with Crippen LogP contribution in [0.5, 0.6) is 0 Å². The van der Waals surface area contributed by atoms with Crippen LogP contribution in [0.2, 0.25) is 0 Å². The highest BCUT2D eigenvalue weighted by Crippen LogP contribution is 2.11. The molecule has 1 heterocycles. The Kier molecular flexibility index (Phi) is 5.04. The van der Waals surface area contributed by atoms with Crippen LogP contribution in [0.15, 0.2) is 55.3 Å². The van der Waals surface area contributed by atoms with Gasteiger partial charge in [-0.05, 0) is 23.8 Å². The van der Waals surface area contributed by atoms with Crippen LogP contribution in [0.4, 0.5) is 15.9 Å². The molecule has 0 atom stereocenters. The summed E-state index contributed by atoms with van der Waals surface area (Å²) in [6, 6.07) is 9.70. The van der Waals surface area contributed by atoms with Crippen LogP contribution in [0.25, 0.3) is 0 Å². The number of aromatic nitrogens is 1. The fourth-order valence-corrected chi connectivity index (χ4v) is 1.76. The van der Waals surface area contributed by atoms with Crippen molar-refractivity contribution < 1.29 is 9.18 Å². The van der Waals surface area contributed by atoms with Crippen molar-refractivity contribution >= 4 is 17.4 Å². The molecule has 0 aliphatic heterocycles. The lowest BCUT2D eigenvalue weighted by atomic mass is 10.1. The lowest BCUT2D eigenvalue weighted by Crippen LogP contribution is -2.16. The Morgan fingerprint density at radius 1 is 1.29 bits per heavy atom. The number of nitrogens with one attached hydrogen (secondary N) is 2. The van der Waals surface area contributed by atoms with Crippen molar-refractivity contribution in [1.82, 2.24) is 4.98 Å². The Labute approximate surface area is 122 Å². The van der Waals surface area contributed by atoms with Crippen LogP contribution < -0.4 is 10.6 Å². The number of pyridine rings is 1. The monoisotopic (exact) mass is 285 g/mol. The molecule has 4 nitrogen and oxygen atoms in total. The third-order valence-electron chi connectivity index (χ3n) is 2.79. The topological polar surface area (TPSA) is 54.0 Å². The summed E-state index contributed by atoms with van der Waals surface area (Å²) in [6.45, 7) is 4.25. The van der Waals surface area contributed by atoms with Crippen molar-refractivity contribution in [1.29, 1.82) is 0 Å². The standard InChI is InChI=1S/C16H16FN3O/c1-2-9-18-13-7-8-15(19-11-13)20-16(21)10-12-5-3-4-6-14(12)17/h2-8,11,18H,1,9-10H2,(H,19,20,21). The molecule has 0 aliphatic carbocycles. The smallest absolute Gasteiger partial charge is 0.230 e. The van der Waals surface area contributed by atoms with E-state index >= 15 is 0 Å². The first kappa shape index (κ1) is 14.7. The SMILES string of the molecule is C=CCNc1ccc(NC(=O)Cc2ccccc2F)nc1. The van der Waals surface area contributed by atoms with Crippen molar-refractivity contribution in [3.63, 3.8) is 0 Å². The number of nitrogens with zero attached hydrogens (tertiary/aromatic N) is 1. The molecule has 1 aromatic carbocycles. The van der Waals surface area contributed by atoms with Gasteiger partial charge in [-0.3, -0.25) is 4.79 Å². The summed E-state index contributed by atoms with van der Waals surface area (Å²) in [6.07, 6.45) is 3.33. The summed E-state index contributed by atoms with van der Waals surface area (Å²) in [5, 5.41) is 5.72. The van der Waals surface area contributed by atoms with Crippen molar-refractivity contribution in [3.8, 4) is 0 Å². The molecule has 5 heteroatoms. The summed E-state index contributed by atoms with van der Waals surface area (Å²) in [5.41, 5.74) is 1.20. The van der Waals surface area contributed by atoms with E-state index in [9.17, 15) is 9.18 Å². The maximum atomic E-state index is 13.4. The second-order valence-electron chi connectivity index (χ2n) is 4.42. The maximum absolute atomic E-state index is 13.4. The highest BCUT2D eigenvalue weighted by atomic mass is 19.1. The van der Waals surface area contributed by atoms with E-state index in [-0.39, 0.29) is 18.1 Å². The number of hydrogen-bond acceptors (Lipinski definition) is 3. The summed E-state index contributed by atoms with van der Waals surface area (Å²) < 4.78 is 13.4. The van der Waals surface area contributed by atoms with E-state index in [1.54, 1.807) is 42.6 Å². The van der Waals surface area contributed by atoms with Crippen LogP contribution in [0, 0.1) is 5.82 Å². The van der Waals surface area contributed by atoms with Crippen LogP contribution in [0.1, 0.15) is 5.56 Å². The molecule has 21 heavy (non-hydrogen) atoms. The van der Waals surface area contributed by atoms with E-state index < -0.39 is 0 Å². The zero-order chi connectivity index (χ0) is 15.1. The van der Waals surface area contributed by atoms with Crippen molar-refractivity contribution in [3.05, 3.63) is 66.6 Å². The van der Waals surface area contributed by atoms with Crippen molar-refractivity contribution in [2.75, 3.05) is 17.2 Å². The number of rotatable bonds is 6. The Bertz CT molecular complexity index is 626. The zero-order valence-electron chi connectivity index (χ0n) is 11.5. The van der Waals surface area contributed by atoms with Gasteiger partial charge >= 0.3 is 0 Å². The van der Waals surface area contributed by atoms with Gasteiger partial charge in [0.2, 0.25) is 5.91 Å². The average Bonchev–Trinajstić information content (AvgIpc) is 2.49. The lowest BCUT2D eigenvalue weighted by Gasteiger charge is -2.07. The lowest BCUT2D eigenvalue weighted by molar-refractivity contribution is -0.115. The second-order valence-corrected chi connectivity index (χ2v) is 4.42. The number of carbonyl (C=O) groups is 1. The molecule has 1 aromatic heterocycles. The molecule has 1 amide bonds. The number of halogens is 1. The molecule has 2 N–H and O–H groups in total. The molecule has 0 spiro atoms. The molecular weight excluding hydrogens is 269 g/mol. The minimum atomic E-state index is -0.385. The van der Waals surface area contributed by atoms with Crippen LogP contribution >= 0.6 is 0 Å². The van der Waals surface area contributed by atoms with Gasteiger partial charge in [0.25, 0.3) is 0 Å². The third kappa shape index (κ3) is 4.42. The second kappa shape index (κ2) is 7.19. The number of anilines is 2. The molecule has 0 saturated heterocycles. The van der Waals surface area contributed by atoms with E-state index in [1.165, 1.54) is 6.07 Å². The molecule has 0 radical (unpaired) electrons. The largest absolute Gasteiger partial charge is 0.380 e. The Morgan fingerprint density at radius 2 is 2.10 bits per heavy atom. The van der Waals surface area contributed by atoms with E-state index in [0.29, 0.717) is 17.9 Å². The predicted molar refractivity (Wildman–Crippen MR) is 81.7 cm³/mol. The van der Waals surface area contributed by atoms with Gasteiger partial charge in [0.15, 0.2) is 0 Å². The molecule has 0 aliphatic rings. The Morgan fingerprint density at radius 3 is 2.76 bits per heavy atom. The van der Waals surface area contributed by atoms with Gasteiger partial charge < -0.3 is 10.6 Å². The van der Waals surface area contributed by atoms with E-state index in [1.807, 2.05) is 0 Å². The summed E-state index contributed by atoms with van der Waals surface area (Å²) >= 11 is 0. The predicted octanol–water partition coefficient (Wildman–Crippen LogP) is 3.00. The van der Waals surface area contributed by atoms with Crippen LogP contribution in [-0.2, 0) is 11.2 Å². The minimum Gasteiger partial charge on any atom is -0.380 e.